The number of aryl methyl sites for hydroxylation is 1. The largest absolute Gasteiger partial charge is 0.573 e. The van der Waals surface area contributed by atoms with E-state index in [4.69, 9.17) is 0 Å². The molecule has 1 fully saturated rings. The molecule has 48 heavy (non-hydrogen) atoms. The Morgan fingerprint density at radius 3 is 2.48 bits per heavy atom. The number of allylic oxidation sites excluding steroid dienone is 1. The van der Waals surface area contributed by atoms with Crippen molar-refractivity contribution in [2.24, 2.45) is 4.99 Å². The van der Waals surface area contributed by atoms with Crippen molar-refractivity contribution < 1.29 is 36.6 Å². The van der Waals surface area contributed by atoms with Gasteiger partial charge in [-0.15, -0.1) is 18.3 Å². The molecule has 252 valence electrons. The minimum absolute atomic E-state index is 0.0540. The molecule has 1 aliphatic heterocycles. The van der Waals surface area contributed by atoms with Crippen LogP contribution >= 0.6 is 11.8 Å². The third kappa shape index (κ3) is 8.65. The molecule has 9 nitrogen and oxygen atoms in total. The highest BCUT2D eigenvalue weighted by Gasteiger charge is 2.36. The van der Waals surface area contributed by atoms with Gasteiger partial charge in [0, 0.05) is 18.5 Å². The zero-order chi connectivity index (χ0) is 34.6. The van der Waals surface area contributed by atoms with Crippen LogP contribution < -0.4 is 15.0 Å². The molecular formula is C33H31F5N6O3S. The maximum absolute atomic E-state index is 14.6. The third-order valence-corrected chi connectivity index (χ3v) is 8.23. The molecule has 2 heterocycles. The van der Waals surface area contributed by atoms with Crippen LogP contribution in [-0.4, -0.2) is 61.9 Å². The number of alkyl halides is 5. The van der Waals surface area contributed by atoms with Crippen molar-refractivity contribution in [3.05, 3.63) is 102 Å². The molecule has 1 aromatic heterocycles. The summed E-state index contributed by atoms with van der Waals surface area (Å²) in [5.74, 6) is -3.37. The van der Waals surface area contributed by atoms with Gasteiger partial charge < -0.3 is 9.84 Å². The van der Waals surface area contributed by atoms with Crippen molar-refractivity contribution in [3.63, 3.8) is 0 Å². The Morgan fingerprint density at radius 2 is 1.81 bits per heavy atom. The number of nitrogens with one attached hydrogen (secondary N) is 1. The molecule has 0 aliphatic carbocycles. The number of thioether (sulfide) groups is 1. The summed E-state index contributed by atoms with van der Waals surface area (Å²) in [6, 6.07) is 17.5. The summed E-state index contributed by atoms with van der Waals surface area (Å²) in [5.41, 5.74) is 3.20. The SMILES string of the molecule is C=C(C)C(F)(F)Cc1ccc(C)cc1N1C(=O)CSC1=NC(O)NCCc1ccc(-c2ncn(-c3ccc(OC(F)(F)F)cc3)n2)cc1. The number of halogens is 5. The van der Waals surface area contributed by atoms with Gasteiger partial charge in [-0.2, -0.15) is 0 Å². The quantitative estimate of drug-likeness (QED) is 0.100. The average molecular weight is 687 g/mol. The fraction of sp³-hybridized carbons (Fsp3) is 0.273. The van der Waals surface area contributed by atoms with E-state index in [-0.39, 0.29) is 33.7 Å². The standard InChI is InChI=1S/C33H31F5N6O3S/c1-20(2)32(34,35)17-24-7-4-21(3)16-27(24)44-28(45)18-48-31(44)41-30(46)39-15-14-22-5-8-23(9-6-22)29-40-19-43(42-29)25-10-12-26(13-11-25)47-33(36,37)38/h4-13,16,19,30,39,46H,1,14-15,17-18H2,2-3H3. The van der Waals surface area contributed by atoms with Crippen molar-refractivity contribution >= 4 is 28.5 Å². The molecule has 1 amide bonds. The van der Waals surface area contributed by atoms with Crippen LogP contribution in [0.25, 0.3) is 17.1 Å². The summed E-state index contributed by atoms with van der Waals surface area (Å²) in [6.45, 7) is 6.78. The number of hydrogen-bond donors (Lipinski definition) is 2. The van der Waals surface area contributed by atoms with Crippen LogP contribution in [0.5, 0.6) is 5.75 Å². The molecule has 5 rings (SSSR count). The number of nitrogens with zero attached hydrogens (tertiary/aromatic N) is 5. The van der Waals surface area contributed by atoms with Gasteiger partial charge in [0.1, 0.15) is 12.1 Å². The van der Waals surface area contributed by atoms with Crippen molar-refractivity contribution in [3.8, 4) is 22.8 Å². The number of anilines is 1. The van der Waals surface area contributed by atoms with Crippen molar-refractivity contribution in [2.45, 2.75) is 45.3 Å². The van der Waals surface area contributed by atoms with Crippen molar-refractivity contribution in [1.82, 2.24) is 20.1 Å². The lowest BCUT2D eigenvalue weighted by molar-refractivity contribution is -0.274. The van der Waals surface area contributed by atoms with E-state index < -0.39 is 25.1 Å². The molecule has 0 saturated carbocycles. The summed E-state index contributed by atoms with van der Waals surface area (Å²) in [7, 11) is 0. The van der Waals surface area contributed by atoms with E-state index in [1.807, 2.05) is 24.3 Å². The molecule has 2 N–H and O–H groups in total. The first-order valence-corrected chi connectivity index (χ1v) is 15.6. The number of carbonyl (C=O) groups excluding carboxylic acids is 1. The summed E-state index contributed by atoms with van der Waals surface area (Å²) in [4.78, 5) is 22.7. The zero-order valence-electron chi connectivity index (χ0n) is 25.8. The lowest BCUT2D eigenvalue weighted by Crippen LogP contribution is -2.35. The smallest absolute Gasteiger partial charge is 0.406 e. The average Bonchev–Trinajstić information content (AvgIpc) is 3.65. The number of benzene rings is 3. The van der Waals surface area contributed by atoms with Crippen molar-refractivity contribution in [2.75, 3.05) is 17.2 Å². The number of carbonyl (C=O) groups is 1. The molecule has 1 unspecified atom stereocenters. The summed E-state index contributed by atoms with van der Waals surface area (Å²) in [5, 5.41) is 18.1. The van der Waals surface area contributed by atoms with E-state index in [1.165, 1.54) is 47.1 Å². The molecule has 4 aromatic rings. The first-order valence-electron chi connectivity index (χ1n) is 14.6. The Hall–Kier alpha value is -4.60. The molecule has 1 atom stereocenters. The second-order valence-corrected chi connectivity index (χ2v) is 12.0. The number of aliphatic hydroxyl groups is 1. The van der Waals surface area contributed by atoms with E-state index in [0.29, 0.717) is 35.7 Å². The Balaban J connectivity index is 1.19. The van der Waals surface area contributed by atoms with E-state index in [2.05, 4.69) is 31.7 Å². The Kier molecular flexibility index (Phi) is 10.3. The van der Waals surface area contributed by atoms with Crippen LogP contribution in [0.1, 0.15) is 23.6 Å². The molecule has 15 heteroatoms. The molecule has 0 radical (unpaired) electrons. The van der Waals surface area contributed by atoms with Crippen molar-refractivity contribution in [1.29, 1.82) is 0 Å². The van der Waals surface area contributed by atoms with E-state index >= 15 is 0 Å². The predicted octanol–water partition coefficient (Wildman–Crippen LogP) is 6.44. The normalized spacial score (nSPS) is 15.3. The lowest BCUT2D eigenvalue weighted by atomic mass is 9.99. The first-order chi connectivity index (χ1) is 22.7. The van der Waals surface area contributed by atoms with Crippen LogP contribution in [0.3, 0.4) is 0 Å². The van der Waals surface area contributed by atoms with Gasteiger partial charge in [-0.25, -0.2) is 23.4 Å². The number of aliphatic hydroxyl groups excluding tert-OH is 1. The highest BCUT2D eigenvalue weighted by atomic mass is 32.2. The van der Waals surface area contributed by atoms with E-state index in [9.17, 15) is 31.9 Å². The molecule has 0 spiro atoms. The van der Waals surface area contributed by atoms with Gasteiger partial charge in [0.2, 0.25) is 12.3 Å². The Bertz CT molecular complexity index is 1810. The Morgan fingerprint density at radius 1 is 1.10 bits per heavy atom. The maximum atomic E-state index is 14.6. The van der Waals surface area contributed by atoms with E-state index in [0.717, 1.165) is 22.9 Å². The first kappa shape index (κ1) is 34.7. The van der Waals surface area contributed by atoms with Crippen LogP contribution in [0, 0.1) is 6.92 Å². The number of hydrogen-bond acceptors (Lipinski definition) is 8. The predicted molar refractivity (Wildman–Crippen MR) is 173 cm³/mol. The van der Waals surface area contributed by atoms with Crippen LogP contribution in [0.15, 0.2) is 90.2 Å². The number of amidine groups is 1. The van der Waals surface area contributed by atoms with Crippen LogP contribution in [-0.2, 0) is 17.6 Å². The van der Waals surface area contributed by atoms with Gasteiger partial charge in [-0.05, 0) is 72.9 Å². The molecule has 3 aromatic carbocycles. The molecular weight excluding hydrogens is 655 g/mol. The van der Waals surface area contributed by atoms with Crippen LogP contribution in [0.4, 0.5) is 27.6 Å². The van der Waals surface area contributed by atoms with Gasteiger partial charge >= 0.3 is 6.36 Å². The Labute approximate surface area is 277 Å². The summed E-state index contributed by atoms with van der Waals surface area (Å²) < 4.78 is 71.7. The number of rotatable bonds is 12. The summed E-state index contributed by atoms with van der Waals surface area (Å²) in [6.07, 6.45) is -4.79. The second-order valence-electron chi connectivity index (χ2n) is 11.1. The lowest BCUT2D eigenvalue weighted by Gasteiger charge is -2.24. The molecule has 1 aliphatic rings. The topological polar surface area (TPSA) is 105 Å². The minimum atomic E-state index is -4.78. The second kappa shape index (κ2) is 14.3. The van der Waals surface area contributed by atoms with Gasteiger partial charge in [0.15, 0.2) is 11.0 Å². The number of amides is 1. The fourth-order valence-corrected chi connectivity index (χ4v) is 5.64. The number of aromatic nitrogens is 3. The fourth-order valence-electron chi connectivity index (χ4n) is 4.75. The number of ether oxygens (including phenoxy) is 1. The highest BCUT2D eigenvalue weighted by Crippen LogP contribution is 2.35. The van der Waals surface area contributed by atoms with Crippen LogP contribution in [0.2, 0.25) is 0 Å². The molecule has 1 saturated heterocycles. The zero-order valence-corrected chi connectivity index (χ0v) is 26.7. The maximum Gasteiger partial charge on any atom is 0.573 e. The van der Waals surface area contributed by atoms with E-state index in [1.54, 1.807) is 25.1 Å². The van der Waals surface area contributed by atoms with Gasteiger partial charge in [-0.1, -0.05) is 54.7 Å². The minimum Gasteiger partial charge on any atom is -0.406 e. The highest BCUT2D eigenvalue weighted by molar-refractivity contribution is 8.15. The van der Waals surface area contributed by atoms with Gasteiger partial charge in [0.05, 0.1) is 17.1 Å². The van der Waals surface area contributed by atoms with Gasteiger partial charge in [-0.3, -0.25) is 15.0 Å². The number of aliphatic imine (C=N–C) groups is 1. The third-order valence-electron chi connectivity index (χ3n) is 7.30. The van der Waals surface area contributed by atoms with Gasteiger partial charge in [0.25, 0.3) is 5.92 Å². The monoisotopic (exact) mass is 686 g/mol. The summed E-state index contributed by atoms with van der Waals surface area (Å²) >= 11 is 1.11. The molecule has 0 bridgehead atoms.